The molecule has 0 heterocycles. The van der Waals surface area contributed by atoms with Crippen molar-refractivity contribution < 1.29 is 4.79 Å². The van der Waals surface area contributed by atoms with Gasteiger partial charge in [0.05, 0.1) is 0 Å². The van der Waals surface area contributed by atoms with Gasteiger partial charge >= 0.3 is 6.03 Å². The zero-order chi connectivity index (χ0) is 14.4. The van der Waals surface area contributed by atoms with Crippen molar-refractivity contribution in [2.24, 2.45) is 0 Å². The minimum Gasteiger partial charge on any atom is -0.334 e. The monoisotopic (exact) mass is 288 g/mol. The molecule has 0 saturated heterocycles. The lowest BCUT2D eigenvalue weighted by molar-refractivity contribution is 0.246. The van der Waals surface area contributed by atoms with Crippen molar-refractivity contribution in [2.75, 3.05) is 11.4 Å². The highest BCUT2D eigenvalue weighted by molar-refractivity contribution is 6.30. The number of carbonyl (C=O) groups excluding carboxylic acids is 1. The molecule has 0 fully saturated rings. The number of rotatable bonds is 4. The molecule has 4 heteroatoms. The summed E-state index contributed by atoms with van der Waals surface area (Å²) in [4.78, 5) is 13.9. The molecular weight excluding hydrogens is 272 g/mol. The maximum Gasteiger partial charge on any atom is 0.322 e. The van der Waals surface area contributed by atoms with Gasteiger partial charge in [0.25, 0.3) is 0 Å². The van der Waals surface area contributed by atoms with Crippen LogP contribution in [0.4, 0.5) is 10.5 Å². The van der Waals surface area contributed by atoms with Crippen LogP contribution in [0.15, 0.2) is 54.6 Å². The number of hydrogen-bond donors (Lipinski definition) is 1. The molecule has 0 bridgehead atoms. The number of para-hydroxylation sites is 1. The first-order valence-electron chi connectivity index (χ1n) is 6.55. The molecular formula is C16H17ClN2O. The minimum absolute atomic E-state index is 0.112. The Morgan fingerprint density at radius 1 is 1.15 bits per heavy atom. The molecule has 0 spiro atoms. The van der Waals surface area contributed by atoms with E-state index in [1.807, 2.05) is 61.5 Å². The summed E-state index contributed by atoms with van der Waals surface area (Å²) in [5.41, 5.74) is 1.87. The number of nitrogens with zero attached hydrogens (tertiary/aromatic N) is 1. The van der Waals surface area contributed by atoms with Gasteiger partial charge in [-0.3, -0.25) is 4.90 Å². The predicted molar refractivity (Wildman–Crippen MR) is 83.1 cm³/mol. The Labute approximate surface area is 124 Å². The maximum absolute atomic E-state index is 12.2. The van der Waals surface area contributed by atoms with E-state index in [1.54, 1.807) is 4.90 Å². The number of hydrogen-bond acceptors (Lipinski definition) is 1. The van der Waals surface area contributed by atoms with E-state index >= 15 is 0 Å². The lowest BCUT2D eigenvalue weighted by atomic mass is 10.2. The summed E-state index contributed by atoms with van der Waals surface area (Å²) in [6, 6.07) is 17.0. The summed E-state index contributed by atoms with van der Waals surface area (Å²) in [5, 5.41) is 3.58. The largest absolute Gasteiger partial charge is 0.334 e. The van der Waals surface area contributed by atoms with Crippen LogP contribution >= 0.6 is 11.6 Å². The van der Waals surface area contributed by atoms with E-state index in [-0.39, 0.29) is 6.03 Å². The van der Waals surface area contributed by atoms with Crippen molar-refractivity contribution in [1.29, 1.82) is 0 Å². The van der Waals surface area contributed by atoms with Gasteiger partial charge in [-0.05, 0) is 36.8 Å². The molecule has 0 aliphatic carbocycles. The van der Waals surface area contributed by atoms with Crippen LogP contribution in [0.25, 0.3) is 0 Å². The van der Waals surface area contributed by atoms with Gasteiger partial charge in [0.2, 0.25) is 0 Å². The lowest BCUT2D eigenvalue weighted by Gasteiger charge is -2.21. The number of benzene rings is 2. The van der Waals surface area contributed by atoms with E-state index in [4.69, 9.17) is 11.6 Å². The van der Waals surface area contributed by atoms with Gasteiger partial charge in [-0.2, -0.15) is 0 Å². The third-order valence-electron chi connectivity index (χ3n) is 2.96. The molecule has 2 amide bonds. The summed E-state index contributed by atoms with van der Waals surface area (Å²) in [6.45, 7) is 3.03. The van der Waals surface area contributed by atoms with Crippen molar-refractivity contribution in [3.63, 3.8) is 0 Å². The zero-order valence-electron chi connectivity index (χ0n) is 11.3. The van der Waals surface area contributed by atoms with Crippen LogP contribution in [-0.2, 0) is 6.54 Å². The molecule has 20 heavy (non-hydrogen) atoms. The fourth-order valence-electron chi connectivity index (χ4n) is 1.97. The van der Waals surface area contributed by atoms with E-state index in [0.717, 1.165) is 11.3 Å². The number of anilines is 1. The normalized spacial score (nSPS) is 10.1. The van der Waals surface area contributed by atoms with Gasteiger partial charge in [-0.1, -0.05) is 41.9 Å². The predicted octanol–water partition coefficient (Wildman–Crippen LogP) is 4.08. The third kappa shape index (κ3) is 3.75. The highest BCUT2D eigenvalue weighted by Crippen LogP contribution is 2.14. The van der Waals surface area contributed by atoms with Crippen LogP contribution in [0.5, 0.6) is 0 Å². The first-order valence-corrected chi connectivity index (χ1v) is 6.93. The second kappa shape index (κ2) is 6.96. The average Bonchev–Trinajstić information content (AvgIpc) is 2.47. The molecule has 2 aromatic carbocycles. The summed E-state index contributed by atoms with van der Waals surface area (Å²) in [5.74, 6) is 0. The number of halogens is 1. The Hall–Kier alpha value is -2.00. The van der Waals surface area contributed by atoms with Crippen molar-refractivity contribution >= 4 is 23.3 Å². The molecule has 1 N–H and O–H groups in total. The molecule has 3 nitrogen and oxygen atoms in total. The molecule has 2 rings (SSSR count). The summed E-state index contributed by atoms with van der Waals surface area (Å²) in [7, 11) is 0. The van der Waals surface area contributed by atoms with Gasteiger partial charge in [-0.15, -0.1) is 0 Å². The van der Waals surface area contributed by atoms with Gasteiger partial charge < -0.3 is 5.32 Å². The first-order chi connectivity index (χ1) is 9.70. The lowest BCUT2D eigenvalue weighted by Crippen LogP contribution is -2.39. The average molecular weight is 289 g/mol. The Balaban J connectivity index is 2.00. The van der Waals surface area contributed by atoms with Crippen LogP contribution in [0.1, 0.15) is 12.5 Å². The van der Waals surface area contributed by atoms with Crippen LogP contribution < -0.4 is 10.2 Å². The van der Waals surface area contributed by atoms with E-state index in [0.29, 0.717) is 18.1 Å². The fraction of sp³-hybridized carbons (Fsp3) is 0.188. The van der Waals surface area contributed by atoms with Gasteiger partial charge in [-0.25, -0.2) is 4.79 Å². The first kappa shape index (κ1) is 14.4. The maximum atomic E-state index is 12.2. The van der Waals surface area contributed by atoms with E-state index in [1.165, 1.54) is 0 Å². The van der Waals surface area contributed by atoms with E-state index in [2.05, 4.69) is 5.32 Å². The topological polar surface area (TPSA) is 32.3 Å². The number of amides is 2. The molecule has 0 atom stereocenters. The molecule has 0 radical (unpaired) electrons. The van der Waals surface area contributed by atoms with Crippen molar-refractivity contribution in [3.05, 3.63) is 65.2 Å². The third-order valence-corrected chi connectivity index (χ3v) is 3.20. The summed E-state index contributed by atoms with van der Waals surface area (Å²) < 4.78 is 0. The fourth-order valence-corrected chi connectivity index (χ4v) is 2.18. The highest BCUT2D eigenvalue weighted by atomic mass is 35.5. The molecule has 0 aromatic heterocycles. The molecule has 2 aromatic rings. The second-order valence-electron chi connectivity index (χ2n) is 4.37. The van der Waals surface area contributed by atoms with Gasteiger partial charge in [0.1, 0.15) is 0 Å². The minimum atomic E-state index is -0.112. The van der Waals surface area contributed by atoms with Crippen molar-refractivity contribution in [2.45, 2.75) is 13.5 Å². The van der Waals surface area contributed by atoms with Crippen LogP contribution in [-0.4, -0.2) is 12.6 Å². The van der Waals surface area contributed by atoms with Crippen LogP contribution in [0.2, 0.25) is 5.02 Å². The molecule has 0 aliphatic heterocycles. The molecule has 104 valence electrons. The summed E-state index contributed by atoms with van der Waals surface area (Å²) in [6.07, 6.45) is 0. The number of carbonyl (C=O) groups is 1. The second-order valence-corrected chi connectivity index (χ2v) is 4.80. The smallest absolute Gasteiger partial charge is 0.322 e. The Morgan fingerprint density at radius 3 is 2.55 bits per heavy atom. The van der Waals surface area contributed by atoms with Crippen LogP contribution in [0, 0.1) is 0 Å². The Bertz CT molecular complexity index is 572. The van der Waals surface area contributed by atoms with Gasteiger partial charge in [0.15, 0.2) is 0 Å². The molecule has 0 unspecified atom stereocenters. The summed E-state index contributed by atoms with van der Waals surface area (Å²) >= 11 is 5.92. The van der Waals surface area contributed by atoms with Crippen molar-refractivity contribution in [1.82, 2.24) is 5.32 Å². The SMILES string of the molecule is CCN(C(=O)NCc1cccc(Cl)c1)c1ccccc1. The zero-order valence-corrected chi connectivity index (χ0v) is 12.1. The highest BCUT2D eigenvalue weighted by Gasteiger charge is 2.12. The van der Waals surface area contributed by atoms with Crippen LogP contribution in [0.3, 0.4) is 0 Å². The van der Waals surface area contributed by atoms with Crippen molar-refractivity contribution in [3.8, 4) is 0 Å². The molecule has 0 aliphatic rings. The molecule has 0 saturated carbocycles. The Kier molecular flexibility index (Phi) is 5.02. The number of urea groups is 1. The quantitative estimate of drug-likeness (QED) is 0.903. The standard InChI is InChI=1S/C16H17ClN2O/c1-2-19(15-9-4-3-5-10-15)16(20)18-12-13-7-6-8-14(17)11-13/h3-11H,2,12H2,1H3,(H,18,20). The van der Waals surface area contributed by atoms with Gasteiger partial charge in [0, 0.05) is 23.8 Å². The Morgan fingerprint density at radius 2 is 1.90 bits per heavy atom. The van der Waals surface area contributed by atoms with E-state index < -0.39 is 0 Å². The van der Waals surface area contributed by atoms with E-state index in [9.17, 15) is 4.79 Å². The number of nitrogens with one attached hydrogen (secondary N) is 1.